The smallest absolute Gasteiger partial charge is 0.327 e. The van der Waals surface area contributed by atoms with Gasteiger partial charge in [0, 0.05) is 30.6 Å². The predicted molar refractivity (Wildman–Crippen MR) is 207 cm³/mol. The lowest BCUT2D eigenvalue weighted by molar-refractivity contribution is -0.214. The van der Waals surface area contributed by atoms with E-state index >= 15 is 4.79 Å². The van der Waals surface area contributed by atoms with Gasteiger partial charge in [0.1, 0.15) is 41.6 Å². The number of hydroxylamine groups is 2. The monoisotopic (exact) mass is 771 g/mol. The first kappa shape index (κ1) is 37.2. The highest BCUT2D eigenvalue weighted by atomic mass is 16.8. The van der Waals surface area contributed by atoms with E-state index in [1.807, 2.05) is 109 Å². The van der Waals surface area contributed by atoms with Crippen LogP contribution in [0, 0.1) is 5.41 Å². The largest absolute Gasteiger partial charge is 0.508 e. The number of hydrogen-bond acceptors (Lipinski definition) is 10. The molecule has 7 atom stereocenters. The molecule has 4 saturated heterocycles. The molecule has 5 fully saturated rings. The molecule has 0 aromatic heterocycles. The quantitative estimate of drug-likeness (QED) is 0.190. The van der Waals surface area contributed by atoms with Crippen LogP contribution >= 0.6 is 0 Å². The van der Waals surface area contributed by atoms with Crippen molar-refractivity contribution in [2.24, 2.45) is 5.41 Å². The Hall–Kier alpha value is -5.37. The summed E-state index contributed by atoms with van der Waals surface area (Å²) in [6.45, 7) is 0.343. The standard InChI is InChI=1S/C45H45N3O9/c49-26-24-46-41(51)34-18-10-25-47(34)43(53)44-27-36-37-38(56-45(55-37,32-14-3-1-4-15-32)33-16-5-2-6-17-33)40(44)57-48(39(44)42(52)54-36)28-30-22-20-29(21-23-30)11-9-13-31-12-7-8-19-35(31)50/h1-9,11-12,14-17,19-23,34,36-40,49-50H,10,13,18,24-28H2,(H,46,51). The highest BCUT2D eigenvalue weighted by Gasteiger charge is 2.77. The maximum atomic E-state index is 15.3. The molecule has 9 rings (SSSR count). The molecule has 4 aromatic rings. The lowest BCUT2D eigenvalue weighted by atomic mass is 9.62. The Bertz CT molecular complexity index is 2110. The highest BCUT2D eigenvalue weighted by molar-refractivity contribution is 5.96. The topological polar surface area (TPSA) is 147 Å². The lowest BCUT2D eigenvalue weighted by Gasteiger charge is -2.50. The number of amides is 2. The molecule has 2 amide bonds. The van der Waals surface area contributed by atoms with Crippen molar-refractivity contribution < 1.29 is 43.6 Å². The lowest BCUT2D eigenvalue weighted by Crippen LogP contribution is -2.70. The maximum absolute atomic E-state index is 15.3. The zero-order valence-electron chi connectivity index (χ0n) is 31.3. The third-order valence-corrected chi connectivity index (χ3v) is 12.0. The second-order valence-electron chi connectivity index (χ2n) is 15.4. The number of fused-ring (bicyclic) bond motifs is 4. The van der Waals surface area contributed by atoms with Crippen LogP contribution in [-0.2, 0) is 52.2 Å². The van der Waals surface area contributed by atoms with Crippen LogP contribution in [0.5, 0.6) is 5.75 Å². The molecule has 12 nitrogen and oxygen atoms in total. The van der Waals surface area contributed by atoms with Crippen molar-refractivity contribution in [3.8, 4) is 5.75 Å². The van der Waals surface area contributed by atoms with Gasteiger partial charge in [0.05, 0.1) is 13.2 Å². The number of benzene rings is 4. The number of esters is 1. The highest BCUT2D eigenvalue weighted by Crippen LogP contribution is 2.60. The van der Waals surface area contributed by atoms with Gasteiger partial charge in [0.15, 0.2) is 6.04 Å². The van der Waals surface area contributed by atoms with Crippen LogP contribution in [0.4, 0.5) is 0 Å². The van der Waals surface area contributed by atoms with Gasteiger partial charge in [-0.15, -0.1) is 0 Å². The molecule has 0 radical (unpaired) electrons. The first-order valence-corrected chi connectivity index (χ1v) is 19.6. The van der Waals surface area contributed by atoms with Crippen LogP contribution in [-0.4, -0.2) is 94.2 Å². The van der Waals surface area contributed by atoms with Gasteiger partial charge in [-0.05, 0) is 42.0 Å². The van der Waals surface area contributed by atoms with Crippen LogP contribution in [0.1, 0.15) is 47.1 Å². The fourth-order valence-electron chi connectivity index (χ4n) is 9.43. The van der Waals surface area contributed by atoms with Crippen molar-refractivity contribution in [2.45, 2.75) is 74.5 Å². The van der Waals surface area contributed by atoms with Gasteiger partial charge in [-0.2, -0.15) is 5.06 Å². The van der Waals surface area contributed by atoms with Crippen LogP contribution in [0.3, 0.4) is 0 Å². The Morgan fingerprint density at radius 3 is 2.26 bits per heavy atom. The van der Waals surface area contributed by atoms with Crippen LogP contribution in [0.15, 0.2) is 115 Å². The van der Waals surface area contributed by atoms with Gasteiger partial charge in [-0.1, -0.05) is 115 Å². The fraction of sp³-hybridized carbons (Fsp3) is 0.356. The van der Waals surface area contributed by atoms with Crippen LogP contribution in [0.2, 0.25) is 0 Å². The van der Waals surface area contributed by atoms with Gasteiger partial charge in [0.2, 0.25) is 17.6 Å². The molecule has 1 saturated carbocycles. The molecule has 57 heavy (non-hydrogen) atoms. The Morgan fingerprint density at radius 2 is 1.56 bits per heavy atom. The van der Waals surface area contributed by atoms with Crippen molar-refractivity contribution >= 4 is 23.9 Å². The summed E-state index contributed by atoms with van der Waals surface area (Å²) in [5, 5.41) is 23.8. The third-order valence-electron chi connectivity index (χ3n) is 12.0. The molecule has 4 aliphatic heterocycles. The fourth-order valence-corrected chi connectivity index (χ4v) is 9.43. The number of phenolic OH excluding ortho intramolecular Hbond substituents is 1. The molecule has 3 N–H and O–H groups in total. The van der Waals surface area contributed by atoms with E-state index < -0.39 is 53.7 Å². The molecule has 5 aliphatic rings. The van der Waals surface area contributed by atoms with E-state index in [0.717, 1.165) is 27.8 Å². The number of carbonyl (C=O) groups excluding carboxylic acids is 3. The number of aliphatic hydroxyl groups excluding tert-OH is 1. The average molecular weight is 772 g/mol. The SMILES string of the molecule is O=C(NCCO)C1CCCN1C(=O)C12CC3OC(=O)C1N(Cc1ccc(C=CCc4ccccc4O)cc1)OC2C1OC(c2ccccc2)(c2ccccc2)OC31. The number of rotatable bonds is 11. The molecular weight excluding hydrogens is 727 g/mol. The van der Waals surface area contributed by atoms with Crippen molar-refractivity contribution in [1.29, 1.82) is 0 Å². The second kappa shape index (κ2) is 15.2. The number of aliphatic hydroxyl groups is 1. The third kappa shape index (κ3) is 6.41. The summed E-state index contributed by atoms with van der Waals surface area (Å²) in [6, 6.07) is 32.4. The normalized spacial score (nSPS) is 28.6. The Balaban J connectivity index is 1.06. The summed E-state index contributed by atoms with van der Waals surface area (Å²) in [6.07, 6.45) is 2.33. The molecule has 1 aliphatic carbocycles. The summed E-state index contributed by atoms with van der Waals surface area (Å²) in [5.74, 6) is -2.43. The van der Waals surface area contributed by atoms with Crippen molar-refractivity contribution in [3.63, 3.8) is 0 Å². The first-order chi connectivity index (χ1) is 27.8. The van der Waals surface area contributed by atoms with E-state index in [0.29, 0.717) is 25.8 Å². The number of carbonyl (C=O) groups is 3. The minimum absolute atomic E-state index is 0.0697. The predicted octanol–water partition coefficient (Wildman–Crippen LogP) is 4.23. The van der Waals surface area contributed by atoms with Crippen molar-refractivity contribution in [1.82, 2.24) is 15.3 Å². The van der Waals surface area contributed by atoms with Crippen LogP contribution in [0.25, 0.3) is 6.08 Å². The van der Waals surface area contributed by atoms with Crippen molar-refractivity contribution in [2.75, 3.05) is 19.7 Å². The summed E-state index contributed by atoms with van der Waals surface area (Å²) < 4.78 is 20.3. The molecule has 7 unspecified atom stereocenters. The minimum Gasteiger partial charge on any atom is -0.508 e. The number of likely N-dealkylation sites (tertiary alicyclic amines) is 1. The summed E-state index contributed by atoms with van der Waals surface area (Å²) >= 11 is 0. The number of allylic oxidation sites excluding steroid dienone is 1. The second-order valence-corrected chi connectivity index (χ2v) is 15.4. The summed E-state index contributed by atoms with van der Waals surface area (Å²) in [7, 11) is 0. The maximum Gasteiger partial charge on any atom is 0.327 e. The van der Waals surface area contributed by atoms with E-state index in [4.69, 9.17) is 19.0 Å². The first-order valence-electron chi connectivity index (χ1n) is 19.6. The van der Waals surface area contributed by atoms with Gasteiger partial charge < -0.3 is 34.6 Å². The number of aromatic hydroxyl groups is 1. The van der Waals surface area contributed by atoms with Gasteiger partial charge in [-0.3, -0.25) is 19.2 Å². The number of ether oxygens (including phenoxy) is 3. The Morgan fingerprint density at radius 1 is 0.877 bits per heavy atom. The van der Waals surface area contributed by atoms with Crippen molar-refractivity contribution in [3.05, 3.63) is 143 Å². The average Bonchev–Trinajstić information content (AvgIpc) is 3.98. The summed E-state index contributed by atoms with van der Waals surface area (Å²) in [4.78, 5) is 51.6. The van der Waals surface area contributed by atoms with Crippen LogP contribution < -0.4 is 5.32 Å². The molecule has 0 spiro atoms. The van der Waals surface area contributed by atoms with Gasteiger partial charge in [0.25, 0.3) is 0 Å². The van der Waals surface area contributed by atoms with E-state index in [-0.39, 0.29) is 43.7 Å². The number of nitrogens with one attached hydrogen (secondary N) is 1. The molecule has 4 heterocycles. The molecular formula is C45H45N3O9. The Labute approximate surface area is 330 Å². The number of para-hydroxylation sites is 1. The zero-order valence-corrected chi connectivity index (χ0v) is 31.3. The molecule has 4 aromatic carbocycles. The Kier molecular flexibility index (Phi) is 9.91. The number of nitrogens with zero attached hydrogens (tertiary/aromatic N) is 2. The molecule has 12 heteroatoms. The van der Waals surface area contributed by atoms with Gasteiger partial charge >= 0.3 is 5.97 Å². The van der Waals surface area contributed by atoms with E-state index in [1.54, 1.807) is 22.1 Å². The van der Waals surface area contributed by atoms with E-state index in [2.05, 4.69) is 5.32 Å². The van der Waals surface area contributed by atoms with E-state index in [1.165, 1.54) is 0 Å². The molecule has 2 bridgehead atoms. The minimum atomic E-state index is -1.46. The number of hydrogen-bond donors (Lipinski definition) is 3. The van der Waals surface area contributed by atoms with E-state index in [9.17, 15) is 19.8 Å². The van der Waals surface area contributed by atoms with Gasteiger partial charge in [-0.25, -0.2) is 0 Å². The summed E-state index contributed by atoms with van der Waals surface area (Å²) in [5.41, 5.74) is 2.65. The number of phenols is 1. The zero-order chi connectivity index (χ0) is 39.1. The molecule has 294 valence electrons.